The van der Waals surface area contributed by atoms with Crippen LogP contribution in [0.1, 0.15) is 29.2 Å². The summed E-state index contributed by atoms with van der Waals surface area (Å²) in [4.78, 5) is 52.0. The van der Waals surface area contributed by atoms with Crippen LogP contribution < -0.4 is 25.0 Å². The minimum atomic E-state index is -0.812. The molecule has 1 saturated heterocycles. The van der Waals surface area contributed by atoms with Crippen LogP contribution in [0.25, 0.3) is 6.08 Å². The van der Waals surface area contributed by atoms with Gasteiger partial charge in [0.15, 0.2) is 18.1 Å². The zero-order valence-electron chi connectivity index (χ0n) is 22.5. The quantitative estimate of drug-likeness (QED) is 0.194. The number of imide groups is 2. The van der Waals surface area contributed by atoms with Crippen molar-refractivity contribution in [3.8, 4) is 11.5 Å². The summed E-state index contributed by atoms with van der Waals surface area (Å²) < 4.78 is 12.2. The summed E-state index contributed by atoms with van der Waals surface area (Å²) in [6, 6.07) is 15.1. The van der Waals surface area contributed by atoms with E-state index in [1.54, 1.807) is 31.2 Å². The van der Waals surface area contributed by atoms with Gasteiger partial charge in [-0.05, 0) is 109 Å². The second kappa shape index (κ2) is 12.3. The minimum absolute atomic E-state index is 0.206. The van der Waals surface area contributed by atoms with Gasteiger partial charge in [-0.2, -0.15) is 0 Å². The van der Waals surface area contributed by atoms with Crippen molar-refractivity contribution in [2.75, 3.05) is 23.4 Å². The van der Waals surface area contributed by atoms with E-state index in [2.05, 4.69) is 10.6 Å². The Kier molecular flexibility index (Phi) is 8.88. The van der Waals surface area contributed by atoms with Crippen LogP contribution in [0.5, 0.6) is 11.5 Å². The lowest BCUT2D eigenvalue weighted by atomic mass is 10.0. The first kappa shape index (κ1) is 28.8. The van der Waals surface area contributed by atoms with Crippen molar-refractivity contribution < 1.29 is 28.7 Å². The minimum Gasteiger partial charge on any atom is -0.490 e. The van der Waals surface area contributed by atoms with E-state index in [0.29, 0.717) is 38.6 Å². The number of hydrogen-bond acceptors (Lipinski definition) is 6. The van der Waals surface area contributed by atoms with Crippen LogP contribution in [-0.2, 0) is 14.4 Å². The third-order valence-corrected chi connectivity index (χ3v) is 6.98. The first-order valence-electron chi connectivity index (χ1n) is 12.5. The molecular formula is C30H28IN3O6. The highest BCUT2D eigenvalue weighted by atomic mass is 127. The SMILES string of the molecule is CCOc1cc(/C=C2\C(=O)NC(=O)N(c3ccc(C)c(C)c3)C2=O)cc(I)c1OCC(=O)Nc1ccc(C)cc1. The average Bonchev–Trinajstić information content (AvgIpc) is 2.89. The van der Waals surface area contributed by atoms with Crippen molar-refractivity contribution in [3.63, 3.8) is 0 Å². The second-order valence-electron chi connectivity index (χ2n) is 9.19. The Morgan fingerprint density at radius 2 is 1.70 bits per heavy atom. The number of hydrogen-bond donors (Lipinski definition) is 2. The average molecular weight is 653 g/mol. The van der Waals surface area contributed by atoms with Crippen LogP contribution in [0.4, 0.5) is 16.2 Å². The standard InChI is InChI=1S/C30H28IN3O6/c1-5-39-25-15-20(14-24(31)27(25)40-16-26(35)32-21-9-6-17(2)7-10-21)13-23-28(36)33-30(38)34(29(23)37)22-11-8-18(3)19(4)12-22/h6-15H,5,16H2,1-4H3,(H,32,35)(H,33,36,38)/b23-13+. The molecule has 0 radical (unpaired) electrons. The van der Waals surface area contributed by atoms with Crippen molar-refractivity contribution in [2.45, 2.75) is 27.7 Å². The van der Waals surface area contributed by atoms with Gasteiger partial charge in [0.05, 0.1) is 15.9 Å². The normalized spacial score (nSPS) is 14.3. The van der Waals surface area contributed by atoms with Gasteiger partial charge < -0.3 is 14.8 Å². The van der Waals surface area contributed by atoms with Gasteiger partial charge >= 0.3 is 6.03 Å². The Bertz CT molecular complexity index is 1530. The number of carbonyl (C=O) groups is 4. The maximum atomic E-state index is 13.3. The van der Waals surface area contributed by atoms with Crippen LogP contribution in [0.2, 0.25) is 0 Å². The second-order valence-corrected chi connectivity index (χ2v) is 10.4. The van der Waals surface area contributed by atoms with Gasteiger partial charge in [-0.3, -0.25) is 19.7 Å². The summed E-state index contributed by atoms with van der Waals surface area (Å²) in [7, 11) is 0. The van der Waals surface area contributed by atoms with Crippen LogP contribution in [-0.4, -0.2) is 37.0 Å². The number of amides is 5. The third-order valence-electron chi connectivity index (χ3n) is 6.18. The van der Waals surface area contributed by atoms with Gasteiger partial charge in [-0.1, -0.05) is 23.8 Å². The molecule has 1 aliphatic rings. The van der Waals surface area contributed by atoms with E-state index >= 15 is 0 Å². The molecule has 1 aliphatic heterocycles. The van der Waals surface area contributed by atoms with Crippen LogP contribution >= 0.6 is 22.6 Å². The van der Waals surface area contributed by atoms with E-state index in [-0.39, 0.29) is 18.1 Å². The van der Waals surface area contributed by atoms with E-state index < -0.39 is 17.8 Å². The molecule has 40 heavy (non-hydrogen) atoms. The van der Waals surface area contributed by atoms with Gasteiger partial charge in [0, 0.05) is 5.69 Å². The van der Waals surface area contributed by atoms with Crippen LogP contribution in [0, 0.1) is 24.3 Å². The molecule has 1 fully saturated rings. The molecule has 206 valence electrons. The molecule has 0 saturated carbocycles. The van der Waals surface area contributed by atoms with E-state index in [1.807, 2.05) is 73.7 Å². The van der Waals surface area contributed by atoms with E-state index in [9.17, 15) is 19.2 Å². The lowest BCUT2D eigenvalue weighted by Gasteiger charge is -2.27. The number of rotatable bonds is 8. The summed E-state index contributed by atoms with van der Waals surface area (Å²) in [6.45, 7) is 7.63. The van der Waals surface area contributed by atoms with Crippen molar-refractivity contribution in [2.24, 2.45) is 0 Å². The number of anilines is 2. The fourth-order valence-corrected chi connectivity index (χ4v) is 4.75. The number of nitrogens with one attached hydrogen (secondary N) is 2. The first-order chi connectivity index (χ1) is 19.1. The molecule has 0 bridgehead atoms. The molecule has 4 rings (SSSR count). The highest BCUT2D eigenvalue weighted by Crippen LogP contribution is 2.35. The monoisotopic (exact) mass is 653 g/mol. The van der Waals surface area contributed by atoms with E-state index in [0.717, 1.165) is 21.6 Å². The number of carbonyl (C=O) groups excluding carboxylic acids is 4. The van der Waals surface area contributed by atoms with Crippen molar-refractivity contribution >= 4 is 63.8 Å². The summed E-state index contributed by atoms with van der Waals surface area (Å²) in [5, 5.41) is 5.02. The van der Waals surface area contributed by atoms with E-state index in [4.69, 9.17) is 9.47 Å². The lowest BCUT2D eigenvalue weighted by molar-refractivity contribution is -0.122. The zero-order chi connectivity index (χ0) is 29.0. The summed E-state index contributed by atoms with van der Waals surface area (Å²) >= 11 is 2.04. The maximum Gasteiger partial charge on any atom is 0.335 e. The van der Waals surface area contributed by atoms with Crippen molar-refractivity contribution in [1.82, 2.24) is 5.32 Å². The number of nitrogens with zero attached hydrogens (tertiary/aromatic N) is 1. The summed E-state index contributed by atoms with van der Waals surface area (Å²) in [6.07, 6.45) is 1.40. The Morgan fingerprint density at radius 1 is 0.975 bits per heavy atom. The van der Waals surface area contributed by atoms with E-state index in [1.165, 1.54) is 6.08 Å². The van der Waals surface area contributed by atoms with Gasteiger partial charge in [0.1, 0.15) is 5.57 Å². The molecule has 10 heteroatoms. The Hall–Kier alpha value is -4.19. The zero-order valence-corrected chi connectivity index (χ0v) is 24.6. The number of benzene rings is 3. The number of ether oxygens (including phenoxy) is 2. The number of halogens is 1. The molecule has 2 N–H and O–H groups in total. The first-order valence-corrected chi connectivity index (χ1v) is 13.6. The van der Waals surface area contributed by atoms with Crippen LogP contribution in [0.3, 0.4) is 0 Å². The molecular weight excluding hydrogens is 625 g/mol. The largest absolute Gasteiger partial charge is 0.490 e. The Morgan fingerprint density at radius 3 is 2.38 bits per heavy atom. The summed E-state index contributed by atoms with van der Waals surface area (Å²) in [5.74, 6) is -1.17. The molecule has 0 unspecified atom stereocenters. The van der Waals surface area contributed by atoms with Crippen molar-refractivity contribution in [1.29, 1.82) is 0 Å². The number of aryl methyl sites for hydroxylation is 3. The Labute approximate surface area is 245 Å². The van der Waals surface area contributed by atoms with Gasteiger partial charge in [-0.25, -0.2) is 9.69 Å². The van der Waals surface area contributed by atoms with Gasteiger partial charge in [-0.15, -0.1) is 0 Å². The predicted molar refractivity (Wildman–Crippen MR) is 161 cm³/mol. The fourth-order valence-electron chi connectivity index (χ4n) is 3.97. The van der Waals surface area contributed by atoms with Crippen LogP contribution in [0.15, 0.2) is 60.2 Å². The molecule has 1 heterocycles. The number of urea groups is 1. The van der Waals surface area contributed by atoms with Crippen molar-refractivity contribution in [3.05, 3.63) is 86.0 Å². The highest BCUT2D eigenvalue weighted by molar-refractivity contribution is 14.1. The predicted octanol–water partition coefficient (Wildman–Crippen LogP) is 5.30. The summed E-state index contributed by atoms with van der Waals surface area (Å²) in [5.41, 5.74) is 4.29. The molecule has 0 spiro atoms. The smallest absolute Gasteiger partial charge is 0.335 e. The molecule has 9 nitrogen and oxygen atoms in total. The Balaban J connectivity index is 1.58. The highest BCUT2D eigenvalue weighted by Gasteiger charge is 2.37. The molecule has 0 aliphatic carbocycles. The molecule has 0 atom stereocenters. The molecule has 5 amide bonds. The molecule has 0 aromatic heterocycles. The van der Waals surface area contributed by atoms with Gasteiger partial charge in [0.25, 0.3) is 17.7 Å². The lowest BCUT2D eigenvalue weighted by Crippen LogP contribution is -2.54. The molecule has 3 aromatic rings. The topological polar surface area (TPSA) is 114 Å². The third kappa shape index (κ3) is 6.50. The fraction of sp³-hybridized carbons (Fsp3) is 0.200. The van der Waals surface area contributed by atoms with Gasteiger partial charge in [0.2, 0.25) is 0 Å². The molecule has 3 aromatic carbocycles. The number of barbiturate groups is 1. The maximum absolute atomic E-state index is 13.3.